The van der Waals surface area contributed by atoms with E-state index in [1.165, 1.54) is 12.0 Å². The van der Waals surface area contributed by atoms with Crippen LogP contribution >= 0.6 is 11.3 Å². The molecule has 2 atom stereocenters. The van der Waals surface area contributed by atoms with Crippen molar-refractivity contribution in [3.05, 3.63) is 26.6 Å². The maximum atomic E-state index is 12.5. The topological polar surface area (TPSA) is 81.3 Å². The Kier molecular flexibility index (Phi) is 4.50. The van der Waals surface area contributed by atoms with Crippen molar-refractivity contribution in [3.63, 3.8) is 0 Å². The van der Waals surface area contributed by atoms with Crippen molar-refractivity contribution in [2.24, 2.45) is 5.92 Å². The quantitative estimate of drug-likeness (QED) is 0.867. The van der Waals surface area contributed by atoms with E-state index in [1.807, 2.05) is 0 Å². The van der Waals surface area contributed by atoms with Crippen LogP contribution in [0.25, 0.3) is 10.2 Å². The zero-order valence-electron chi connectivity index (χ0n) is 13.5. The van der Waals surface area contributed by atoms with E-state index >= 15 is 0 Å². The van der Waals surface area contributed by atoms with Crippen LogP contribution in [-0.4, -0.2) is 29.7 Å². The van der Waals surface area contributed by atoms with Crippen LogP contribution in [-0.2, 0) is 27.1 Å². The van der Waals surface area contributed by atoms with E-state index in [1.54, 1.807) is 18.3 Å². The molecule has 3 rings (SSSR count). The molecule has 0 fully saturated rings. The van der Waals surface area contributed by atoms with Crippen molar-refractivity contribution >= 4 is 27.5 Å². The molecule has 2 aromatic rings. The summed E-state index contributed by atoms with van der Waals surface area (Å²) < 4.78 is 9.94. The van der Waals surface area contributed by atoms with E-state index in [0.29, 0.717) is 17.1 Å². The fraction of sp³-hybridized carbons (Fsp3) is 0.562. The first kappa shape index (κ1) is 16.1. The molecule has 1 aliphatic carbocycles. The van der Waals surface area contributed by atoms with Crippen LogP contribution in [0.1, 0.15) is 42.6 Å². The molecule has 124 valence electrons. The van der Waals surface area contributed by atoms with Crippen molar-refractivity contribution in [2.75, 3.05) is 13.7 Å². The van der Waals surface area contributed by atoms with Gasteiger partial charge in [0.15, 0.2) is 11.9 Å². The third-order valence-electron chi connectivity index (χ3n) is 4.14. The van der Waals surface area contributed by atoms with Gasteiger partial charge in [-0.2, -0.15) is 0 Å². The fourth-order valence-corrected chi connectivity index (χ4v) is 4.35. The summed E-state index contributed by atoms with van der Waals surface area (Å²) in [6.07, 6.45) is 2.42. The first-order chi connectivity index (χ1) is 11.0. The van der Waals surface area contributed by atoms with Crippen LogP contribution in [0.15, 0.2) is 4.79 Å². The van der Waals surface area contributed by atoms with E-state index in [0.717, 1.165) is 29.7 Å². The summed E-state index contributed by atoms with van der Waals surface area (Å²) in [5.74, 6) is 0.531. The van der Waals surface area contributed by atoms with Crippen molar-refractivity contribution < 1.29 is 14.3 Å². The molecule has 2 aromatic heterocycles. The van der Waals surface area contributed by atoms with Gasteiger partial charge in [0.2, 0.25) is 0 Å². The minimum absolute atomic E-state index is 0.123. The monoisotopic (exact) mass is 336 g/mol. The normalized spacial score (nSPS) is 18.7. The molecule has 0 unspecified atom stereocenters. The van der Waals surface area contributed by atoms with Gasteiger partial charge in [0.1, 0.15) is 11.4 Å². The molecule has 7 heteroatoms. The zero-order valence-corrected chi connectivity index (χ0v) is 14.3. The Morgan fingerprint density at radius 1 is 1.52 bits per heavy atom. The Morgan fingerprint density at radius 3 is 3.04 bits per heavy atom. The highest BCUT2D eigenvalue weighted by molar-refractivity contribution is 7.18. The lowest BCUT2D eigenvalue weighted by molar-refractivity contribution is -0.153. The van der Waals surface area contributed by atoms with Gasteiger partial charge < -0.3 is 14.5 Å². The molecule has 2 heterocycles. The number of ether oxygens (including phenoxy) is 2. The number of thiophene rings is 1. The number of rotatable bonds is 4. The predicted octanol–water partition coefficient (Wildman–Crippen LogP) is 2.36. The van der Waals surface area contributed by atoms with Gasteiger partial charge in [-0.3, -0.25) is 4.79 Å². The maximum absolute atomic E-state index is 12.5. The minimum atomic E-state index is -0.618. The summed E-state index contributed by atoms with van der Waals surface area (Å²) in [6, 6.07) is 0. The summed E-state index contributed by atoms with van der Waals surface area (Å²) in [4.78, 5) is 33.3. The summed E-state index contributed by atoms with van der Waals surface area (Å²) >= 11 is 1.58. The number of methoxy groups -OCH3 is 1. The third-order valence-corrected chi connectivity index (χ3v) is 5.29. The highest BCUT2D eigenvalue weighted by Gasteiger charge is 2.24. The van der Waals surface area contributed by atoms with Crippen LogP contribution in [0.5, 0.6) is 0 Å². The molecule has 23 heavy (non-hydrogen) atoms. The molecular weight excluding hydrogens is 316 g/mol. The summed E-state index contributed by atoms with van der Waals surface area (Å²) in [5, 5.41) is 0.705. The molecule has 0 aromatic carbocycles. The number of carbonyl (C=O) groups is 1. The number of esters is 1. The second-order valence-corrected chi connectivity index (χ2v) is 7.13. The number of aromatic nitrogens is 2. The van der Waals surface area contributed by atoms with Crippen molar-refractivity contribution in [1.29, 1.82) is 0 Å². The summed E-state index contributed by atoms with van der Waals surface area (Å²) in [6.45, 7) is 3.79. The first-order valence-electron chi connectivity index (χ1n) is 7.72. The highest BCUT2D eigenvalue weighted by atomic mass is 32.1. The summed E-state index contributed by atoms with van der Waals surface area (Å²) in [7, 11) is 1.43. The predicted molar refractivity (Wildman–Crippen MR) is 87.8 cm³/mol. The van der Waals surface area contributed by atoms with Gasteiger partial charge in [-0.1, -0.05) is 6.92 Å². The number of nitrogens with zero attached hydrogens (tertiary/aromatic N) is 1. The van der Waals surface area contributed by atoms with Crippen molar-refractivity contribution in [3.8, 4) is 0 Å². The van der Waals surface area contributed by atoms with E-state index < -0.39 is 12.1 Å². The molecule has 0 saturated carbocycles. The molecule has 0 saturated heterocycles. The molecule has 1 aliphatic rings. The molecular formula is C16H20N2O4S. The van der Waals surface area contributed by atoms with Gasteiger partial charge in [0.25, 0.3) is 5.56 Å². The van der Waals surface area contributed by atoms with Crippen LogP contribution in [0.4, 0.5) is 0 Å². The third kappa shape index (κ3) is 3.16. The highest BCUT2D eigenvalue weighted by Crippen LogP contribution is 2.35. The number of hydrogen-bond donors (Lipinski definition) is 1. The smallest absolute Gasteiger partial charge is 0.332 e. The van der Waals surface area contributed by atoms with Crippen molar-refractivity contribution in [2.45, 2.75) is 39.2 Å². The van der Waals surface area contributed by atoms with Gasteiger partial charge >= 0.3 is 5.97 Å². The number of carbonyl (C=O) groups excluding carboxylic acids is 1. The van der Waals surface area contributed by atoms with Crippen LogP contribution in [0.3, 0.4) is 0 Å². The first-order valence-corrected chi connectivity index (χ1v) is 8.54. The van der Waals surface area contributed by atoms with Crippen LogP contribution < -0.4 is 5.56 Å². The molecule has 1 N–H and O–H groups in total. The second kappa shape index (κ2) is 6.41. The van der Waals surface area contributed by atoms with E-state index in [4.69, 9.17) is 9.47 Å². The molecule has 0 aliphatic heterocycles. The largest absolute Gasteiger partial charge is 0.453 e. The Balaban J connectivity index is 1.95. The zero-order chi connectivity index (χ0) is 16.6. The Hall–Kier alpha value is -1.73. The molecule has 6 nitrogen and oxygen atoms in total. The average Bonchev–Trinajstić information content (AvgIpc) is 2.84. The SMILES string of the molecule is COCC(=O)O[C@H](C)c1nc2sc3c(c2c(=O)[nH]1)CC[C@H](C)C3. The number of aryl methyl sites for hydroxylation is 1. The molecule has 0 amide bonds. The lowest BCUT2D eigenvalue weighted by atomic mass is 9.89. The Bertz CT molecular complexity index is 795. The van der Waals surface area contributed by atoms with Gasteiger partial charge in [-0.05, 0) is 37.7 Å². The number of hydrogen-bond acceptors (Lipinski definition) is 6. The van der Waals surface area contributed by atoms with Gasteiger partial charge in [0, 0.05) is 12.0 Å². The van der Waals surface area contributed by atoms with Gasteiger partial charge in [-0.15, -0.1) is 11.3 Å². The lowest BCUT2D eigenvalue weighted by Gasteiger charge is -2.17. The molecule has 0 spiro atoms. The number of aromatic amines is 1. The Labute approximate surface area is 137 Å². The van der Waals surface area contributed by atoms with Crippen LogP contribution in [0.2, 0.25) is 0 Å². The van der Waals surface area contributed by atoms with E-state index in [2.05, 4.69) is 16.9 Å². The number of H-pyrrole nitrogens is 1. The van der Waals surface area contributed by atoms with Crippen molar-refractivity contribution in [1.82, 2.24) is 9.97 Å². The van der Waals surface area contributed by atoms with Gasteiger partial charge in [0.05, 0.1) is 5.39 Å². The van der Waals surface area contributed by atoms with E-state index in [-0.39, 0.29) is 12.2 Å². The molecule has 0 radical (unpaired) electrons. The number of nitrogens with one attached hydrogen (secondary N) is 1. The van der Waals surface area contributed by atoms with Crippen LogP contribution in [0, 0.1) is 5.92 Å². The van der Waals surface area contributed by atoms with Gasteiger partial charge in [-0.25, -0.2) is 9.78 Å². The maximum Gasteiger partial charge on any atom is 0.332 e. The fourth-order valence-electron chi connectivity index (χ4n) is 2.96. The van der Waals surface area contributed by atoms with E-state index in [9.17, 15) is 9.59 Å². The average molecular weight is 336 g/mol. The standard InChI is InChI=1S/C16H20N2O4S/c1-8-4-5-10-11(6-8)23-16-13(10)15(20)17-14(18-16)9(2)22-12(19)7-21-3/h8-9H,4-7H2,1-3H3,(H,17,18,20)/t8-,9+/m0/s1. The second-order valence-electron chi connectivity index (χ2n) is 6.05. The molecule has 0 bridgehead atoms. The number of fused-ring (bicyclic) bond motifs is 3. The lowest BCUT2D eigenvalue weighted by Crippen LogP contribution is -2.19. The minimum Gasteiger partial charge on any atom is -0.453 e. The summed E-state index contributed by atoms with van der Waals surface area (Å²) in [5.41, 5.74) is 0.999. The Morgan fingerprint density at radius 2 is 2.30 bits per heavy atom.